The topological polar surface area (TPSA) is 49.7 Å². The third-order valence-corrected chi connectivity index (χ3v) is 4.23. The van der Waals surface area contributed by atoms with Gasteiger partial charge in [-0.25, -0.2) is 0 Å². The molecule has 1 atom stereocenters. The van der Waals surface area contributed by atoms with E-state index < -0.39 is 11.7 Å². The highest BCUT2D eigenvalue weighted by molar-refractivity contribution is 4.75. The van der Waals surface area contributed by atoms with Crippen LogP contribution in [0.25, 0.3) is 0 Å². The molecule has 0 heterocycles. The Balaban J connectivity index is 3.12. The molecule has 0 aliphatic heterocycles. The molecule has 0 rings (SSSR count). The second kappa shape index (κ2) is 14.5. The molecular weight excluding hydrogens is 276 g/mol. The number of hydrogen-bond acceptors (Lipinski definition) is 3. The molecule has 0 aromatic carbocycles. The van der Waals surface area contributed by atoms with E-state index in [4.69, 9.17) is 4.74 Å². The summed E-state index contributed by atoms with van der Waals surface area (Å²) in [6, 6.07) is 0. The predicted octanol–water partition coefficient (Wildman–Crippen LogP) is 4.84. The van der Waals surface area contributed by atoms with E-state index in [0.29, 0.717) is 6.61 Å². The Labute approximate surface area is 138 Å². The number of hydrogen-bond donors (Lipinski definition) is 2. The van der Waals surface area contributed by atoms with Crippen LogP contribution in [0.2, 0.25) is 0 Å². The number of aliphatic hydroxyl groups excluding tert-OH is 1. The van der Waals surface area contributed by atoms with Crippen molar-refractivity contribution in [3.05, 3.63) is 0 Å². The maximum absolute atomic E-state index is 9.60. The number of unbranched alkanes of at least 4 members (excludes halogenated alkanes) is 11. The molecule has 0 radical (unpaired) electrons. The molecule has 134 valence electrons. The molecule has 0 spiro atoms. The smallest absolute Gasteiger partial charge is 0.105 e. The van der Waals surface area contributed by atoms with Gasteiger partial charge in [-0.3, -0.25) is 0 Å². The molecule has 22 heavy (non-hydrogen) atoms. The highest BCUT2D eigenvalue weighted by Gasteiger charge is 2.24. The van der Waals surface area contributed by atoms with Gasteiger partial charge in [-0.1, -0.05) is 77.6 Å². The summed E-state index contributed by atoms with van der Waals surface area (Å²) < 4.78 is 5.40. The fourth-order valence-electron chi connectivity index (χ4n) is 2.44. The summed E-state index contributed by atoms with van der Waals surface area (Å²) in [5, 5.41) is 19.2. The van der Waals surface area contributed by atoms with Gasteiger partial charge in [0, 0.05) is 6.61 Å². The van der Waals surface area contributed by atoms with Gasteiger partial charge in [-0.2, -0.15) is 0 Å². The molecule has 0 aliphatic rings. The summed E-state index contributed by atoms with van der Waals surface area (Å²) in [4.78, 5) is 0. The molecule has 1 unspecified atom stereocenters. The van der Waals surface area contributed by atoms with E-state index in [1.807, 2.05) is 0 Å². The summed E-state index contributed by atoms with van der Waals surface area (Å²) in [5.74, 6) is 0. The Morgan fingerprint density at radius 2 is 1.18 bits per heavy atom. The van der Waals surface area contributed by atoms with Crippen molar-refractivity contribution in [3.63, 3.8) is 0 Å². The van der Waals surface area contributed by atoms with Gasteiger partial charge in [-0.15, -0.1) is 0 Å². The summed E-state index contributed by atoms with van der Waals surface area (Å²) in [6.45, 7) is 6.38. The van der Waals surface area contributed by atoms with E-state index in [0.717, 1.165) is 6.42 Å². The SMILES string of the molecule is CCCCCCCCCCCCCCOCC(O)C(C)(C)O. The van der Waals surface area contributed by atoms with Gasteiger partial charge < -0.3 is 14.9 Å². The summed E-state index contributed by atoms with van der Waals surface area (Å²) >= 11 is 0. The van der Waals surface area contributed by atoms with Gasteiger partial charge in [0.05, 0.1) is 12.2 Å². The molecule has 0 saturated carbocycles. The zero-order chi connectivity index (χ0) is 16.7. The van der Waals surface area contributed by atoms with Gasteiger partial charge in [0.2, 0.25) is 0 Å². The normalized spacial score (nSPS) is 13.5. The number of aliphatic hydroxyl groups is 2. The van der Waals surface area contributed by atoms with Crippen LogP contribution in [-0.4, -0.2) is 35.1 Å². The fraction of sp³-hybridized carbons (Fsp3) is 1.00. The Bertz CT molecular complexity index is 223. The van der Waals surface area contributed by atoms with Crippen LogP contribution in [0.4, 0.5) is 0 Å². The van der Waals surface area contributed by atoms with E-state index in [-0.39, 0.29) is 6.61 Å². The van der Waals surface area contributed by atoms with Crippen LogP contribution in [0.3, 0.4) is 0 Å². The zero-order valence-corrected chi connectivity index (χ0v) is 15.3. The van der Waals surface area contributed by atoms with Gasteiger partial charge in [0.25, 0.3) is 0 Å². The third-order valence-electron chi connectivity index (χ3n) is 4.23. The second-order valence-corrected chi connectivity index (χ2v) is 7.13. The Morgan fingerprint density at radius 3 is 1.59 bits per heavy atom. The van der Waals surface area contributed by atoms with Crippen LogP contribution in [-0.2, 0) is 4.74 Å². The quantitative estimate of drug-likeness (QED) is 0.401. The van der Waals surface area contributed by atoms with Crippen LogP contribution in [0.15, 0.2) is 0 Å². The highest BCUT2D eigenvalue weighted by Crippen LogP contribution is 2.12. The number of ether oxygens (including phenoxy) is 1. The van der Waals surface area contributed by atoms with Crippen LogP contribution < -0.4 is 0 Å². The molecule has 3 heteroatoms. The lowest BCUT2D eigenvalue weighted by atomic mass is 10.0. The summed E-state index contributed by atoms with van der Waals surface area (Å²) in [5.41, 5.74) is -1.07. The van der Waals surface area contributed by atoms with Crippen molar-refractivity contribution in [3.8, 4) is 0 Å². The Kier molecular flexibility index (Phi) is 14.4. The zero-order valence-electron chi connectivity index (χ0n) is 15.3. The molecular formula is C19H40O3. The van der Waals surface area contributed by atoms with Crippen LogP contribution in [0, 0.1) is 0 Å². The molecule has 0 fully saturated rings. The van der Waals surface area contributed by atoms with E-state index in [9.17, 15) is 10.2 Å². The van der Waals surface area contributed by atoms with E-state index in [1.165, 1.54) is 70.6 Å². The molecule has 0 aromatic heterocycles. The van der Waals surface area contributed by atoms with E-state index in [1.54, 1.807) is 13.8 Å². The maximum atomic E-state index is 9.60. The van der Waals surface area contributed by atoms with Crippen LogP contribution in [0.5, 0.6) is 0 Å². The Hall–Kier alpha value is -0.120. The molecule has 3 nitrogen and oxygen atoms in total. The molecule has 0 amide bonds. The lowest BCUT2D eigenvalue weighted by molar-refractivity contribution is -0.0859. The minimum absolute atomic E-state index is 0.224. The molecule has 0 aliphatic carbocycles. The number of rotatable bonds is 16. The van der Waals surface area contributed by atoms with Crippen molar-refractivity contribution in [1.82, 2.24) is 0 Å². The average Bonchev–Trinajstić information content (AvgIpc) is 2.46. The van der Waals surface area contributed by atoms with Gasteiger partial charge in [0.1, 0.15) is 6.10 Å². The first kappa shape index (κ1) is 21.9. The van der Waals surface area contributed by atoms with Crippen molar-refractivity contribution in [1.29, 1.82) is 0 Å². The lowest BCUT2D eigenvalue weighted by Gasteiger charge is -2.24. The minimum atomic E-state index is -1.07. The van der Waals surface area contributed by atoms with Crippen molar-refractivity contribution in [2.24, 2.45) is 0 Å². The van der Waals surface area contributed by atoms with Gasteiger partial charge in [-0.05, 0) is 20.3 Å². The minimum Gasteiger partial charge on any atom is -0.388 e. The van der Waals surface area contributed by atoms with Crippen molar-refractivity contribution in [2.75, 3.05) is 13.2 Å². The summed E-state index contributed by atoms with van der Waals surface area (Å²) in [7, 11) is 0. The first-order valence-corrected chi connectivity index (χ1v) is 9.46. The lowest BCUT2D eigenvalue weighted by Crippen LogP contribution is -2.39. The van der Waals surface area contributed by atoms with Gasteiger partial charge in [0.15, 0.2) is 0 Å². The summed E-state index contributed by atoms with van der Waals surface area (Å²) in [6.07, 6.45) is 15.2. The molecule has 0 saturated heterocycles. The largest absolute Gasteiger partial charge is 0.388 e. The van der Waals surface area contributed by atoms with Crippen molar-refractivity contribution in [2.45, 2.75) is 110 Å². The van der Waals surface area contributed by atoms with Crippen LogP contribution in [0.1, 0.15) is 97.8 Å². The van der Waals surface area contributed by atoms with Crippen molar-refractivity contribution >= 4 is 0 Å². The maximum Gasteiger partial charge on any atom is 0.105 e. The van der Waals surface area contributed by atoms with E-state index in [2.05, 4.69) is 6.92 Å². The monoisotopic (exact) mass is 316 g/mol. The highest BCUT2D eigenvalue weighted by atomic mass is 16.5. The molecule has 0 bridgehead atoms. The average molecular weight is 317 g/mol. The Morgan fingerprint density at radius 1 is 0.773 bits per heavy atom. The fourth-order valence-corrected chi connectivity index (χ4v) is 2.44. The first-order chi connectivity index (χ1) is 10.5. The third kappa shape index (κ3) is 14.8. The first-order valence-electron chi connectivity index (χ1n) is 9.46. The molecule has 0 aromatic rings. The van der Waals surface area contributed by atoms with Gasteiger partial charge >= 0.3 is 0 Å². The van der Waals surface area contributed by atoms with Crippen LogP contribution >= 0.6 is 0 Å². The predicted molar refractivity (Wildman–Crippen MR) is 94.2 cm³/mol. The second-order valence-electron chi connectivity index (χ2n) is 7.13. The van der Waals surface area contributed by atoms with Crippen molar-refractivity contribution < 1.29 is 14.9 Å². The standard InChI is InChI=1S/C19H40O3/c1-4-5-6-7-8-9-10-11-12-13-14-15-16-22-17-18(20)19(2,3)21/h18,20-21H,4-17H2,1-3H3. The molecule has 2 N–H and O–H groups in total. The van der Waals surface area contributed by atoms with E-state index >= 15 is 0 Å².